The van der Waals surface area contributed by atoms with Gasteiger partial charge in [-0.15, -0.1) is 0 Å². The summed E-state index contributed by atoms with van der Waals surface area (Å²) in [7, 11) is 1.17. The van der Waals surface area contributed by atoms with Gasteiger partial charge >= 0.3 is 5.97 Å². The minimum absolute atomic E-state index is 0.172. The van der Waals surface area contributed by atoms with E-state index in [1.807, 2.05) is 0 Å². The third-order valence-corrected chi connectivity index (χ3v) is 3.22. The van der Waals surface area contributed by atoms with E-state index < -0.39 is 29.8 Å². The van der Waals surface area contributed by atoms with Crippen LogP contribution in [0.15, 0.2) is 35.5 Å². The van der Waals surface area contributed by atoms with Crippen molar-refractivity contribution in [1.82, 2.24) is 0 Å². The molecule has 1 aromatic rings. The fourth-order valence-electron chi connectivity index (χ4n) is 2.28. The number of amides is 2. The van der Waals surface area contributed by atoms with Crippen molar-refractivity contribution >= 4 is 29.2 Å². The molecule has 2 amide bonds. The van der Waals surface area contributed by atoms with Gasteiger partial charge in [-0.25, -0.2) is 9.69 Å². The summed E-state index contributed by atoms with van der Waals surface area (Å²) in [6.07, 6.45) is -1.09. The number of rotatable bonds is 2. The Morgan fingerprint density at radius 2 is 1.95 bits per heavy atom. The van der Waals surface area contributed by atoms with Crippen molar-refractivity contribution in [2.24, 2.45) is 11.1 Å². The Morgan fingerprint density at radius 3 is 2.60 bits per heavy atom. The van der Waals surface area contributed by atoms with Gasteiger partial charge in [0, 0.05) is 0 Å². The highest BCUT2D eigenvalue weighted by molar-refractivity contribution is 6.46. The number of fused-ring (bicyclic) bond motifs is 1. The first kappa shape index (κ1) is 12.3. The summed E-state index contributed by atoms with van der Waals surface area (Å²) >= 11 is 0. The second kappa shape index (κ2) is 4.44. The lowest BCUT2D eigenvalue weighted by molar-refractivity contribution is -0.133. The Hall–Kier alpha value is -2.70. The first-order valence-corrected chi connectivity index (χ1v) is 5.90. The topological polar surface area (TPSA) is 85.3 Å². The van der Waals surface area contributed by atoms with E-state index in [9.17, 15) is 14.4 Å². The molecule has 2 atom stereocenters. The molecule has 0 aliphatic carbocycles. The van der Waals surface area contributed by atoms with Gasteiger partial charge in [0.1, 0.15) is 5.92 Å². The van der Waals surface area contributed by atoms with Gasteiger partial charge < -0.3 is 9.57 Å². The highest BCUT2D eigenvalue weighted by atomic mass is 16.7. The van der Waals surface area contributed by atoms with E-state index in [1.165, 1.54) is 7.11 Å². The van der Waals surface area contributed by atoms with Gasteiger partial charge in [-0.3, -0.25) is 9.59 Å². The highest BCUT2D eigenvalue weighted by Gasteiger charge is 2.57. The summed E-state index contributed by atoms with van der Waals surface area (Å²) < 4.78 is 4.54. The lowest BCUT2D eigenvalue weighted by Crippen LogP contribution is -2.34. The number of hydrogen-bond acceptors (Lipinski definition) is 6. The number of imide groups is 1. The van der Waals surface area contributed by atoms with Gasteiger partial charge in [0.05, 0.1) is 12.8 Å². The summed E-state index contributed by atoms with van der Waals surface area (Å²) in [6.45, 7) is 0. The van der Waals surface area contributed by atoms with Gasteiger partial charge in [-0.05, 0) is 12.1 Å². The van der Waals surface area contributed by atoms with Crippen LogP contribution in [0.25, 0.3) is 0 Å². The van der Waals surface area contributed by atoms with E-state index in [1.54, 1.807) is 30.3 Å². The molecule has 0 saturated carbocycles. The molecule has 0 N–H and O–H groups in total. The summed E-state index contributed by atoms with van der Waals surface area (Å²) in [6, 6.07) is 8.45. The summed E-state index contributed by atoms with van der Waals surface area (Å²) in [4.78, 5) is 42.0. The molecule has 0 radical (unpaired) electrons. The van der Waals surface area contributed by atoms with E-state index in [0.29, 0.717) is 5.69 Å². The molecule has 20 heavy (non-hydrogen) atoms. The Balaban J connectivity index is 1.97. The molecule has 1 saturated heterocycles. The fraction of sp³-hybridized carbons (Fsp3) is 0.231. The number of anilines is 1. The van der Waals surface area contributed by atoms with E-state index in [0.717, 1.165) is 4.90 Å². The maximum atomic E-state index is 12.4. The first-order valence-electron chi connectivity index (χ1n) is 5.90. The van der Waals surface area contributed by atoms with Gasteiger partial charge in [0.25, 0.3) is 5.91 Å². The molecule has 2 heterocycles. The standard InChI is InChI=1S/C13H10N2O5/c1-19-13(18)9-8-10(20-14-9)12(17)15(11(8)16)7-5-3-2-4-6-7/h2-6,8,10H,1H3/t8-,10+/m0/s1. The van der Waals surface area contributed by atoms with E-state index >= 15 is 0 Å². The van der Waals surface area contributed by atoms with Crippen molar-refractivity contribution < 1.29 is 24.0 Å². The number of nitrogens with zero attached hydrogens (tertiary/aromatic N) is 2. The number of carbonyl (C=O) groups is 3. The number of para-hydroxylation sites is 1. The molecule has 2 aliphatic rings. The van der Waals surface area contributed by atoms with Crippen LogP contribution < -0.4 is 4.90 Å². The van der Waals surface area contributed by atoms with Gasteiger partial charge in [0.15, 0.2) is 5.71 Å². The van der Waals surface area contributed by atoms with Crippen molar-refractivity contribution in [2.75, 3.05) is 12.0 Å². The van der Waals surface area contributed by atoms with Crippen LogP contribution >= 0.6 is 0 Å². The molecule has 0 unspecified atom stereocenters. The second-order valence-corrected chi connectivity index (χ2v) is 4.32. The molecular formula is C13H10N2O5. The number of benzene rings is 1. The van der Waals surface area contributed by atoms with Crippen LogP contribution in [0.4, 0.5) is 5.69 Å². The maximum absolute atomic E-state index is 12.4. The van der Waals surface area contributed by atoms with Crippen molar-refractivity contribution in [1.29, 1.82) is 0 Å². The van der Waals surface area contributed by atoms with Crippen LogP contribution in [-0.2, 0) is 24.0 Å². The van der Waals surface area contributed by atoms with Crippen molar-refractivity contribution in [3.8, 4) is 0 Å². The Bertz CT molecular complexity index is 625. The zero-order valence-electron chi connectivity index (χ0n) is 10.5. The lowest BCUT2D eigenvalue weighted by Gasteiger charge is -2.14. The van der Waals surface area contributed by atoms with Crippen LogP contribution in [0.5, 0.6) is 0 Å². The fourth-order valence-corrected chi connectivity index (χ4v) is 2.28. The van der Waals surface area contributed by atoms with Crippen LogP contribution in [-0.4, -0.2) is 36.7 Å². The minimum atomic E-state index is -1.09. The van der Waals surface area contributed by atoms with Crippen molar-refractivity contribution in [2.45, 2.75) is 6.10 Å². The molecule has 102 valence electrons. The number of carbonyl (C=O) groups excluding carboxylic acids is 3. The van der Waals surface area contributed by atoms with Gasteiger partial charge in [0.2, 0.25) is 12.0 Å². The van der Waals surface area contributed by atoms with E-state index in [4.69, 9.17) is 4.84 Å². The second-order valence-electron chi connectivity index (χ2n) is 4.32. The van der Waals surface area contributed by atoms with Gasteiger partial charge in [-0.1, -0.05) is 23.4 Å². The Morgan fingerprint density at radius 1 is 1.25 bits per heavy atom. The quantitative estimate of drug-likeness (QED) is 0.564. The van der Waals surface area contributed by atoms with E-state index in [2.05, 4.69) is 9.89 Å². The third-order valence-electron chi connectivity index (χ3n) is 3.22. The zero-order chi connectivity index (χ0) is 14.3. The zero-order valence-corrected chi connectivity index (χ0v) is 10.5. The summed E-state index contributed by atoms with van der Waals surface area (Å²) in [5, 5.41) is 3.49. The highest BCUT2D eigenvalue weighted by Crippen LogP contribution is 2.33. The maximum Gasteiger partial charge on any atom is 0.356 e. The van der Waals surface area contributed by atoms with Crippen LogP contribution in [0.1, 0.15) is 0 Å². The lowest BCUT2D eigenvalue weighted by atomic mass is 10.00. The molecule has 1 aromatic carbocycles. The average molecular weight is 274 g/mol. The van der Waals surface area contributed by atoms with E-state index in [-0.39, 0.29) is 5.71 Å². The predicted octanol–water partition coefficient (Wildman–Crippen LogP) is 0.104. The first-order chi connectivity index (χ1) is 9.65. The van der Waals surface area contributed by atoms with Crippen LogP contribution in [0.2, 0.25) is 0 Å². The Kier molecular flexibility index (Phi) is 2.74. The SMILES string of the molecule is COC(=O)C1=NO[C@H]2C(=O)N(c3ccccc3)C(=O)[C@@H]12. The smallest absolute Gasteiger partial charge is 0.356 e. The summed E-state index contributed by atoms with van der Waals surface area (Å²) in [5.41, 5.74) is 0.263. The number of methoxy groups -OCH3 is 1. The number of hydrogen-bond donors (Lipinski definition) is 0. The van der Waals surface area contributed by atoms with Crippen molar-refractivity contribution in [3.63, 3.8) is 0 Å². The van der Waals surface area contributed by atoms with Crippen LogP contribution in [0, 0.1) is 5.92 Å². The molecule has 2 aliphatic heterocycles. The molecule has 7 nitrogen and oxygen atoms in total. The average Bonchev–Trinajstić information content (AvgIpc) is 3.01. The Labute approximate surface area is 113 Å². The number of esters is 1. The summed E-state index contributed by atoms with van der Waals surface area (Å²) in [5.74, 6) is -2.87. The van der Waals surface area contributed by atoms with Crippen LogP contribution in [0.3, 0.4) is 0 Å². The number of oxime groups is 1. The number of ether oxygens (including phenoxy) is 1. The third kappa shape index (κ3) is 1.59. The normalized spacial score (nSPS) is 24.2. The molecule has 1 fully saturated rings. The molecule has 0 spiro atoms. The predicted molar refractivity (Wildman–Crippen MR) is 66.7 cm³/mol. The molecule has 3 rings (SSSR count). The molecule has 0 aromatic heterocycles. The van der Waals surface area contributed by atoms with Gasteiger partial charge in [-0.2, -0.15) is 0 Å². The molecule has 7 heteroatoms. The van der Waals surface area contributed by atoms with Crippen molar-refractivity contribution in [3.05, 3.63) is 30.3 Å². The minimum Gasteiger partial charge on any atom is -0.464 e. The molecule has 0 bridgehead atoms. The monoisotopic (exact) mass is 274 g/mol. The largest absolute Gasteiger partial charge is 0.464 e. The molecular weight excluding hydrogens is 264 g/mol.